The van der Waals surface area contributed by atoms with Crippen molar-refractivity contribution in [2.24, 2.45) is 0 Å². The minimum atomic E-state index is -3.03. The van der Waals surface area contributed by atoms with Gasteiger partial charge in [0.05, 0.1) is 12.2 Å². The largest absolute Gasteiger partial charge is 0.411 e. The molecule has 0 bridgehead atoms. The predicted molar refractivity (Wildman–Crippen MR) is 269 cm³/mol. The molecule has 0 heterocycles. The van der Waals surface area contributed by atoms with Gasteiger partial charge in [-0.2, -0.15) is 0 Å². The Balaban J connectivity index is 1.51. The third kappa shape index (κ3) is 11.1. The number of hydrogen-bond donors (Lipinski definition) is 0. The Morgan fingerprint density at radius 2 is 1.05 bits per heavy atom. The van der Waals surface area contributed by atoms with Crippen LogP contribution in [0.5, 0.6) is 0 Å². The zero-order chi connectivity index (χ0) is 44.9. The molecule has 4 aromatic rings. The number of rotatable bonds is 16. The molecule has 0 aliphatic heterocycles. The minimum Gasteiger partial charge on any atom is -0.411 e. The number of allylic oxidation sites excluding steroid dienone is 1. The summed E-state index contributed by atoms with van der Waals surface area (Å²) >= 11 is 0. The maximum atomic E-state index is 15.3. The summed E-state index contributed by atoms with van der Waals surface area (Å²) in [6.45, 7) is 35.7. The molecular formula is C52H75O5PSi3. The Morgan fingerprint density at radius 1 is 0.623 bits per heavy atom. The Labute approximate surface area is 373 Å². The van der Waals surface area contributed by atoms with E-state index in [1.54, 1.807) is 0 Å². The van der Waals surface area contributed by atoms with Gasteiger partial charge in [-0.15, -0.1) is 0 Å². The first-order valence-corrected chi connectivity index (χ1v) is 31.9. The van der Waals surface area contributed by atoms with Gasteiger partial charge >= 0.3 is 0 Å². The van der Waals surface area contributed by atoms with Crippen LogP contribution in [0.25, 0.3) is 0 Å². The van der Waals surface area contributed by atoms with Crippen LogP contribution >= 0.6 is 7.14 Å². The average Bonchev–Trinajstić information content (AvgIpc) is 3.20. The van der Waals surface area contributed by atoms with E-state index in [-0.39, 0.29) is 27.3 Å². The first-order chi connectivity index (χ1) is 28.4. The van der Waals surface area contributed by atoms with Crippen LogP contribution in [-0.4, -0.2) is 62.6 Å². The van der Waals surface area contributed by atoms with E-state index in [1.165, 1.54) is 10.4 Å². The van der Waals surface area contributed by atoms with Crippen LogP contribution in [0, 0.1) is 0 Å². The molecule has 330 valence electrons. The first-order valence-electron chi connectivity index (χ1n) is 22.3. The zero-order valence-corrected chi connectivity index (χ0v) is 43.5. The van der Waals surface area contributed by atoms with Gasteiger partial charge in [0.25, 0.3) is 8.32 Å². The average molecular weight is 895 g/mol. The third-order valence-electron chi connectivity index (χ3n) is 13.6. The summed E-state index contributed by atoms with van der Waals surface area (Å²) in [5.41, 5.74) is 1.95. The second-order valence-corrected chi connectivity index (χ2v) is 37.7. The monoisotopic (exact) mass is 894 g/mol. The standard InChI is InChI=1S/C52H75O5PSi3/c1-41-42(36-39-58(53,43-28-19-15-20-29-43)44-30-21-16-22-31-44)40-47(56-59(11,12)50(2,3)4)49(48(41)57-60(13,14)51(5,6)7)54-37-27-38-55-61(52(8,9)10,45-32-23-17-24-33-45)46-34-25-18-26-35-46/h15-26,28-36,47-49H,1,27,37-40H2,2-14H3/b42-36-/t47-,48-,49-/m1/s1. The quantitative estimate of drug-likeness (QED) is 0.0637. The number of ether oxygens (including phenoxy) is 1. The topological polar surface area (TPSA) is 54.0 Å². The molecule has 0 unspecified atom stereocenters. The Hall–Kier alpha value is -2.92. The van der Waals surface area contributed by atoms with Crippen molar-refractivity contribution in [1.82, 2.24) is 0 Å². The summed E-state index contributed by atoms with van der Waals surface area (Å²) in [6, 6.07) is 41.5. The lowest BCUT2D eigenvalue weighted by molar-refractivity contribution is -0.0879. The van der Waals surface area contributed by atoms with E-state index in [1.807, 2.05) is 60.7 Å². The van der Waals surface area contributed by atoms with Crippen LogP contribution in [0.15, 0.2) is 145 Å². The van der Waals surface area contributed by atoms with Gasteiger partial charge in [-0.25, -0.2) is 0 Å². The summed E-state index contributed by atoms with van der Waals surface area (Å²) in [5, 5.41) is 4.06. The lowest BCUT2D eigenvalue weighted by atomic mass is 9.84. The van der Waals surface area contributed by atoms with Crippen LogP contribution in [-0.2, 0) is 22.6 Å². The predicted octanol–water partition coefficient (Wildman–Crippen LogP) is 12.0. The van der Waals surface area contributed by atoms with E-state index >= 15 is 4.57 Å². The first kappa shape index (κ1) is 49.1. The fourth-order valence-corrected chi connectivity index (χ4v) is 17.7. The molecule has 0 radical (unpaired) electrons. The van der Waals surface area contributed by atoms with Gasteiger partial charge < -0.3 is 22.6 Å². The molecule has 3 atom stereocenters. The van der Waals surface area contributed by atoms with Crippen molar-refractivity contribution in [3.05, 3.63) is 145 Å². The van der Waals surface area contributed by atoms with Crippen LogP contribution in [0.2, 0.25) is 41.3 Å². The lowest BCUT2D eigenvalue weighted by Crippen LogP contribution is -2.66. The third-order valence-corrected chi connectivity index (χ3v) is 30.6. The summed E-state index contributed by atoms with van der Waals surface area (Å²) in [4.78, 5) is 0. The van der Waals surface area contributed by atoms with E-state index in [0.717, 1.165) is 21.8 Å². The fourth-order valence-electron chi connectivity index (χ4n) is 7.95. The highest BCUT2D eigenvalue weighted by atomic mass is 31.2. The fraction of sp³-hybridized carbons (Fsp3) is 0.462. The Morgan fingerprint density at radius 3 is 1.48 bits per heavy atom. The van der Waals surface area contributed by atoms with Crippen molar-refractivity contribution in [3.63, 3.8) is 0 Å². The molecule has 1 aliphatic carbocycles. The van der Waals surface area contributed by atoms with E-state index in [4.69, 9.17) is 24.6 Å². The van der Waals surface area contributed by atoms with Crippen LogP contribution in [0.4, 0.5) is 0 Å². The van der Waals surface area contributed by atoms with Crippen molar-refractivity contribution in [3.8, 4) is 0 Å². The highest BCUT2D eigenvalue weighted by Gasteiger charge is 2.51. The van der Waals surface area contributed by atoms with E-state index in [2.05, 4.69) is 155 Å². The van der Waals surface area contributed by atoms with Gasteiger partial charge in [-0.3, -0.25) is 0 Å². The maximum absolute atomic E-state index is 15.3. The molecule has 4 aromatic carbocycles. The van der Waals surface area contributed by atoms with Gasteiger partial charge in [0.2, 0.25) is 0 Å². The van der Waals surface area contributed by atoms with Gasteiger partial charge in [0.15, 0.2) is 16.6 Å². The second-order valence-electron chi connectivity index (χ2n) is 21.0. The number of benzene rings is 4. The molecule has 1 saturated carbocycles. The lowest BCUT2D eigenvalue weighted by Gasteiger charge is -2.49. The van der Waals surface area contributed by atoms with Gasteiger partial charge in [0, 0.05) is 36.4 Å². The molecular weight excluding hydrogens is 820 g/mol. The minimum absolute atomic E-state index is 0.0222. The smallest absolute Gasteiger partial charge is 0.261 e. The maximum Gasteiger partial charge on any atom is 0.261 e. The van der Waals surface area contributed by atoms with Crippen LogP contribution in [0.1, 0.15) is 75.2 Å². The Bertz CT molecular complexity index is 2020. The summed E-state index contributed by atoms with van der Waals surface area (Å²) in [7, 11) is -10.4. The van der Waals surface area contributed by atoms with Gasteiger partial charge in [-0.05, 0) is 69.2 Å². The summed E-state index contributed by atoms with van der Waals surface area (Å²) in [5.74, 6) is 0. The molecule has 5 nitrogen and oxygen atoms in total. The van der Waals surface area contributed by atoms with E-state index < -0.39 is 38.2 Å². The number of hydrogen-bond acceptors (Lipinski definition) is 5. The summed E-state index contributed by atoms with van der Waals surface area (Å²) < 4.78 is 44.5. The van der Waals surface area contributed by atoms with Crippen molar-refractivity contribution in [2.45, 2.75) is 135 Å². The van der Waals surface area contributed by atoms with Crippen LogP contribution < -0.4 is 21.0 Å². The summed E-state index contributed by atoms with van der Waals surface area (Å²) in [6.07, 6.45) is 2.79. The SMILES string of the molecule is C=C1/C(=C\CP(=O)(c2ccccc2)c2ccccc2)C[C@@H](O[Si](C)(C)C(C)(C)C)[C@@H](OCCCO[Si](c2ccccc2)(c2ccccc2)C(C)(C)C)[C@@H]1O[Si](C)(C)C(C)(C)C. The normalized spacial score (nSPS) is 19.3. The second kappa shape index (κ2) is 19.4. The molecule has 0 saturated heterocycles. The van der Waals surface area contributed by atoms with Gasteiger partial charge in [-0.1, -0.05) is 196 Å². The molecule has 9 heteroatoms. The molecule has 61 heavy (non-hydrogen) atoms. The molecule has 0 N–H and O–H groups in total. The van der Waals surface area contributed by atoms with E-state index in [9.17, 15) is 0 Å². The van der Waals surface area contributed by atoms with Crippen molar-refractivity contribution in [2.75, 3.05) is 19.4 Å². The molecule has 0 aromatic heterocycles. The molecule has 1 fully saturated rings. The highest BCUT2D eigenvalue weighted by Crippen LogP contribution is 2.48. The molecule has 0 amide bonds. The van der Waals surface area contributed by atoms with Crippen LogP contribution in [0.3, 0.4) is 0 Å². The van der Waals surface area contributed by atoms with Crippen molar-refractivity contribution < 1.29 is 22.6 Å². The molecule has 0 spiro atoms. The van der Waals surface area contributed by atoms with Crippen molar-refractivity contribution in [1.29, 1.82) is 0 Å². The molecule has 1 aliphatic rings. The Kier molecular flexibility index (Phi) is 15.7. The van der Waals surface area contributed by atoms with Gasteiger partial charge in [0.1, 0.15) is 13.2 Å². The van der Waals surface area contributed by atoms with E-state index in [0.29, 0.717) is 32.2 Å². The molecule has 5 rings (SSSR count). The highest BCUT2D eigenvalue weighted by molar-refractivity contribution is 7.78. The van der Waals surface area contributed by atoms with Crippen molar-refractivity contribution >= 4 is 53.1 Å². The zero-order valence-electron chi connectivity index (χ0n) is 39.6.